The van der Waals surface area contributed by atoms with Crippen molar-refractivity contribution in [1.29, 1.82) is 0 Å². The number of rotatable bonds is 9. The van der Waals surface area contributed by atoms with Gasteiger partial charge in [-0.2, -0.15) is 0 Å². The van der Waals surface area contributed by atoms with E-state index in [0.29, 0.717) is 44.3 Å². The summed E-state index contributed by atoms with van der Waals surface area (Å²) < 4.78 is 10.7. The van der Waals surface area contributed by atoms with Crippen LogP contribution < -0.4 is 10.6 Å². The molecule has 2 heterocycles. The van der Waals surface area contributed by atoms with Gasteiger partial charge in [0.05, 0.1) is 32.9 Å². The first-order chi connectivity index (χ1) is 15.6. The first kappa shape index (κ1) is 24.0. The molecule has 0 aliphatic carbocycles. The second-order valence-corrected chi connectivity index (χ2v) is 8.11. The summed E-state index contributed by atoms with van der Waals surface area (Å²) in [6.45, 7) is 8.45. The quantitative estimate of drug-likeness (QED) is 0.330. The molecule has 3 rings (SSSR count). The van der Waals surface area contributed by atoms with Gasteiger partial charge in [-0.15, -0.1) is 0 Å². The summed E-state index contributed by atoms with van der Waals surface area (Å²) in [7, 11) is 1.68. The number of nitrogens with one attached hydrogen (secondary N) is 2. The minimum atomic E-state index is -0.114. The fourth-order valence-electron chi connectivity index (χ4n) is 3.89. The first-order valence-electron chi connectivity index (χ1n) is 11.4. The van der Waals surface area contributed by atoms with Gasteiger partial charge < -0.3 is 29.9 Å². The summed E-state index contributed by atoms with van der Waals surface area (Å²) in [5, 5.41) is 6.12. The fourth-order valence-corrected chi connectivity index (χ4v) is 3.89. The Morgan fingerprint density at radius 2 is 2.03 bits per heavy atom. The SMILES string of the molecule is CCNC(=NCc1ccc(C(=O)N2CCNC(=O)C2)cc1)N1CCC(COCCOC)C1. The van der Waals surface area contributed by atoms with Crippen molar-refractivity contribution in [2.45, 2.75) is 19.9 Å². The predicted molar refractivity (Wildman–Crippen MR) is 123 cm³/mol. The number of benzene rings is 1. The molecular weight excluding hydrogens is 410 g/mol. The van der Waals surface area contributed by atoms with E-state index in [1.54, 1.807) is 12.0 Å². The highest BCUT2D eigenvalue weighted by atomic mass is 16.5. The van der Waals surface area contributed by atoms with Crippen molar-refractivity contribution in [2.75, 3.05) is 66.2 Å². The summed E-state index contributed by atoms with van der Waals surface area (Å²) in [5.41, 5.74) is 1.63. The molecule has 1 aromatic carbocycles. The number of ether oxygens (including phenoxy) is 2. The van der Waals surface area contributed by atoms with E-state index in [1.165, 1.54) is 0 Å². The molecule has 32 heavy (non-hydrogen) atoms. The Bertz CT molecular complexity index is 783. The van der Waals surface area contributed by atoms with Gasteiger partial charge in [0, 0.05) is 51.3 Å². The van der Waals surface area contributed by atoms with Crippen LogP contribution in [0.3, 0.4) is 0 Å². The van der Waals surface area contributed by atoms with Crippen molar-refractivity contribution in [3.05, 3.63) is 35.4 Å². The number of aliphatic imine (C=N–C) groups is 1. The van der Waals surface area contributed by atoms with E-state index >= 15 is 0 Å². The van der Waals surface area contributed by atoms with Crippen LogP contribution in [0.25, 0.3) is 0 Å². The summed E-state index contributed by atoms with van der Waals surface area (Å²) in [5.74, 6) is 1.18. The summed E-state index contributed by atoms with van der Waals surface area (Å²) >= 11 is 0. The lowest BCUT2D eigenvalue weighted by Gasteiger charge is -2.26. The third-order valence-corrected chi connectivity index (χ3v) is 5.64. The molecule has 2 fully saturated rings. The zero-order valence-corrected chi connectivity index (χ0v) is 19.1. The van der Waals surface area contributed by atoms with Crippen LogP contribution in [0.5, 0.6) is 0 Å². The van der Waals surface area contributed by atoms with E-state index in [2.05, 4.69) is 22.5 Å². The Morgan fingerprint density at radius 1 is 1.22 bits per heavy atom. The topological polar surface area (TPSA) is 95.5 Å². The van der Waals surface area contributed by atoms with Gasteiger partial charge in [0.2, 0.25) is 5.91 Å². The smallest absolute Gasteiger partial charge is 0.254 e. The summed E-state index contributed by atoms with van der Waals surface area (Å²) in [6, 6.07) is 7.49. The van der Waals surface area contributed by atoms with Crippen LogP contribution in [0, 0.1) is 5.92 Å². The molecule has 1 atom stereocenters. The Balaban J connectivity index is 1.53. The largest absolute Gasteiger partial charge is 0.382 e. The second-order valence-electron chi connectivity index (χ2n) is 8.11. The molecule has 2 N–H and O–H groups in total. The van der Waals surface area contributed by atoms with E-state index in [4.69, 9.17) is 14.5 Å². The van der Waals surface area contributed by atoms with Crippen LogP contribution in [0.15, 0.2) is 29.3 Å². The average molecular weight is 446 g/mol. The molecule has 9 heteroatoms. The molecule has 0 radical (unpaired) electrons. The molecule has 0 spiro atoms. The lowest BCUT2D eigenvalue weighted by Crippen LogP contribution is -2.49. The van der Waals surface area contributed by atoms with Gasteiger partial charge in [-0.05, 0) is 31.0 Å². The Morgan fingerprint density at radius 3 is 2.75 bits per heavy atom. The van der Waals surface area contributed by atoms with E-state index in [9.17, 15) is 9.59 Å². The molecule has 2 aliphatic rings. The number of nitrogens with zero attached hydrogens (tertiary/aromatic N) is 3. The van der Waals surface area contributed by atoms with Crippen molar-refractivity contribution in [3.63, 3.8) is 0 Å². The molecule has 0 bridgehead atoms. The number of amides is 2. The zero-order valence-electron chi connectivity index (χ0n) is 19.1. The van der Waals surface area contributed by atoms with Crippen LogP contribution in [0.1, 0.15) is 29.3 Å². The molecule has 2 aliphatic heterocycles. The molecule has 1 unspecified atom stereocenters. The number of piperazine rings is 1. The van der Waals surface area contributed by atoms with Crippen LogP contribution in [0.2, 0.25) is 0 Å². The van der Waals surface area contributed by atoms with E-state index in [-0.39, 0.29) is 18.4 Å². The number of likely N-dealkylation sites (tertiary alicyclic amines) is 1. The van der Waals surface area contributed by atoms with Gasteiger partial charge in [-0.1, -0.05) is 12.1 Å². The predicted octanol–water partition coefficient (Wildman–Crippen LogP) is 0.709. The highest BCUT2D eigenvalue weighted by Crippen LogP contribution is 2.17. The molecular formula is C23H35N5O4. The van der Waals surface area contributed by atoms with Gasteiger partial charge in [0.1, 0.15) is 0 Å². The third-order valence-electron chi connectivity index (χ3n) is 5.64. The van der Waals surface area contributed by atoms with Gasteiger partial charge >= 0.3 is 0 Å². The lowest BCUT2D eigenvalue weighted by molar-refractivity contribution is -0.123. The van der Waals surface area contributed by atoms with E-state index in [1.807, 2.05) is 24.3 Å². The van der Waals surface area contributed by atoms with Crippen molar-refractivity contribution in [1.82, 2.24) is 20.4 Å². The Kier molecular flexibility index (Phi) is 9.30. The maximum atomic E-state index is 12.6. The molecule has 2 amide bonds. The number of guanidine groups is 1. The molecule has 9 nitrogen and oxygen atoms in total. The number of methoxy groups -OCH3 is 1. The third kappa shape index (κ3) is 6.93. The van der Waals surface area contributed by atoms with Crippen LogP contribution in [0.4, 0.5) is 0 Å². The molecule has 2 saturated heterocycles. The normalized spacial score (nSPS) is 19.2. The number of hydrogen-bond donors (Lipinski definition) is 2. The maximum Gasteiger partial charge on any atom is 0.254 e. The summed E-state index contributed by atoms with van der Waals surface area (Å²) in [6.07, 6.45) is 1.09. The average Bonchev–Trinajstić information content (AvgIpc) is 3.28. The highest BCUT2D eigenvalue weighted by Gasteiger charge is 2.25. The van der Waals surface area contributed by atoms with E-state index in [0.717, 1.165) is 44.2 Å². The fraction of sp³-hybridized carbons (Fsp3) is 0.609. The van der Waals surface area contributed by atoms with Crippen LogP contribution in [-0.4, -0.2) is 93.8 Å². The van der Waals surface area contributed by atoms with Gasteiger partial charge in [-0.3, -0.25) is 9.59 Å². The monoisotopic (exact) mass is 445 g/mol. The molecule has 176 valence electrons. The minimum Gasteiger partial charge on any atom is -0.382 e. The Labute approximate surface area is 190 Å². The van der Waals surface area contributed by atoms with Crippen LogP contribution in [-0.2, 0) is 20.8 Å². The first-order valence-corrected chi connectivity index (χ1v) is 11.4. The standard InChI is InChI=1S/C23H35N5O4/c1-3-24-23(28-10-8-19(15-28)17-32-13-12-31-2)26-14-18-4-6-20(7-5-18)22(30)27-11-9-25-21(29)16-27/h4-7,19H,3,8-17H2,1-2H3,(H,24,26)(H,25,29). The van der Waals surface area contributed by atoms with Gasteiger partial charge in [0.15, 0.2) is 5.96 Å². The highest BCUT2D eigenvalue weighted by molar-refractivity contribution is 5.97. The maximum absolute atomic E-state index is 12.6. The van der Waals surface area contributed by atoms with Crippen LogP contribution >= 0.6 is 0 Å². The zero-order chi connectivity index (χ0) is 22.8. The number of carbonyl (C=O) groups is 2. The second kappa shape index (κ2) is 12.4. The number of hydrogen-bond acceptors (Lipinski definition) is 5. The number of carbonyl (C=O) groups excluding carboxylic acids is 2. The molecule has 0 saturated carbocycles. The lowest BCUT2D eigenvalue weighted by atomic mass is 10.1. The molecule has 1 aromatic rings. The molecule has 0 aromatic heterocycles. The summed E-state index contributed by atoms with van der Waals surface area (Å²) in [4.78, 5) is 32.8. The van der Waals surface area contributed by atoms with Gasteiger partial charge in [0.25, 0.3) is 5.91 Å². The van der Waals surface area contributed by atoms with Crippen molar-refractivity contribution in [3.8, 4) is 0 Å². The minimum absolute atomic E-state index is 0.112. The van der Waals surface area contributed by atoms with E-state index < -0.39 is 0 Å². The van der Waals surface area contributed by atoms with Gasteiger partial charge in [-0.25, -0.2) is 4.99 Å². The van der Waals surface area contributed by atoms with Crippen molar-refractivity contribution < 1.29 is 19.1 Å². The van der Waals surface area contributed by atoms with Crippen molar-refractivity contribution >= 4 is 17.8 Å². The van der Waals surface area contributed by atoms with Crippen molar-refractivity contribution in [2.24, 2.45) is 10.9 Å². The Hall–Kier alpha value is -2.65.